The molecule has 2 heterocycles. The van der Waals surface area contributed by atoms with Gasteiger partial charge in [-0.1, -0.05) is 36.4 Å². The number of aromatic nitrogens is 5. The van der Waals surface area contributed by atoms with Crippen LogP contribution in [-0.2, 0) is 6.42 Å². The van der Waals surface area contributed by atoms with Crippen molar-refractivity contribution < 1.29 is 4.79 Å². The van der Waals surface area contributed by atoms with Crippen LogP contribution in [0, 0.1) is 11.3 Å². The van der Waals surface area contributed by atoms with Gasteiger partial charge in [-0.25, -0.2) is 4.98 Å². The summed E-state index contributed by atoms with van der Waals surface area (Å²) in [5.41, 5.74) is 8.05. The van der Waals surface area contributed by atoms with Crippen molar-refractivity contribution in [3.05, 3.63) is 83.7 Å². The number of amides is 1. The van der Waals surface area contributed by atoms with Crippen molar-refractivity contribution in [1.29, 1.82) is 5.26 Å². The Kier molecular flexibility index (Phi) is 6.92. The quantitative estimate of drug-likeness (QED) is 0.304. The van der Waals surface area contributed by atoms with Crippen molar-refractivity contribution in [2.24, 2.45) is 0 Å². The zero-order chi connectivity index (χ0) is 23.0. The van der Waals surface area contributed by atoms with Gasteiger partial charge in [0.2, 0.25) is 0 Å². The number of nitrogens with one attached hydrogen (secondary N) is 1. The highest BCUT2D eigenvalue weighted by Gasteiger charge is 2.17. The topological polar surface area (TPSA) is 135 Å². The van der Waals surface area contributed by atoms with Crippen molar-refractivity contribution in [1.82, 2.24) is 25.2 Å². The zero-order valence-corrected chi connectivity index (χ0v) is 18.4. The summed E-state index contributed by atoms with van der Waals surface area (Å²) >= 11 is 1.41. The number of rotatable bonds is 8. The number of nitrogens with zero attached hydrogens (tertiary/aromatic N) is 6. The molecule has 0 fully saturated rings. The smallest absolute Gasteiger partial charge is 0.259 e. The fourth-order valence-corrected chi connectivity index (χ4v) is 4.04. The third-order valence-corrected chi connectivity index (χ3v) is 5.81. The van der Waals surface area contributed by atoms with Gasteiger partial charge in [-0.05, 0) is 52.9 Å². The van der Waals surface area contributed by atoms with Crippen molar-refractivity contribution in [3.8, 4) is 11.8 Å². The van der Waals surface area contributed by atoms with Gasteiger partial charge in [-0.3, -0.25) is 4.79 Å². The van der Waals surface area contributed by atoms with Crippen LogP contribution in [0.4, 0.5) is 11.5 Å². The number of aryl methyl sites for hydroxylation is 1. The minimum atomic E-state index is -0.410. The first-order valence-corrected chi connectivity index (χ1v) is 11.2. The highest BCUT2D eigenvalue weighted by molar-refractivity contribution is 7.99. The molecular weight excluding hydrogens is 436 g/mol. The largest absolute Gasteiger partial charge is 0.383 e. The van der Waals surface area contributed by atoms with E-state index < -0.39 is 5.91 Å². The molecule has 0 unspecified atom stereocenters. The second-order valence-corrected chi connectivity index (χ2v) is 8.08. The van der Waals surface area contributed by atoms with Crippen LogP contribution < -0.4 is 11.1 Å². The third-order valence-electron chi connectivity index (χ3n) is 4.73. The minimum absolute atomic E-state index is 0.0814. The Morgan fingerprint density at radius 2 is 1.85 bits per heavy atom. The molecule has 0 saturated carbocycles. The average molecular weight is 457 g/mol. The average Bonchev–Trinajstić information content (AvgIpc) is 3.31. The number of nitriles is 1. The predicted molar refractivity (Wildman–Crippen MR) is 126 cm³/mol. The fourth-order valence-electron chi connectivity index (χ4n) is 3.13. The molecule has 2 aromatic heterocycles. The van der Waals surface area contributed by atoms with E-state index in [1.807, 2.05) is 48.5 Å². The molecule has 0 radical (unpaired) electrons. The lowest BCUT2D eigenvalue weighted by Crippen LogP contribution is -2.15. The van der Waals surface area contributed by atoms with E-state index in [0.29, 0.717) is 28.5 Å². The number of tetrazole rings is 1. The Balaban J connectivity index is 1.39. The maximum Gasteiger partial charge on any atom is 0.259 e. The molecule has 0 bridgehead atoms. The lowest BCUT2D eigenvalue weighted by molar-refractivity contribution is 0.102. The van der Waals surface area contributed by atoms with Gasteiger partial charge in [-0.2, -0.15) is 9.94 Å². The molecular formula is C23H20N8OS. The summed E-state index contributed by atoms with van der Waals surface area (Å²) in [7, 11) is 0. The maximum absolute atomic E-state index is 12.6. The van der Waals surface area contributed by atoms with E-state index in [1.54, 1.807) is 16.8 Å². The van der Waals surface area contributed by atoms with Crippen molar-refractivity contribution in [2.45, 2.75) is 17.9 Å². The van der Waals surface area contributed by atoms with E-state index in [1.165, 1.54) is 17.8 Å². The number of carbonyl (C=O) groups excluding carboxylic acids is 1. The molecule has 33 heavy (non-hydrogen) atoms. The van der Waals surface area contributed by atoms with Crippen LogP contribution in [0.5, 0.6) is 0 Å². The van der Waals surface area contributed by atoms with Crippen molar-refractivity contribution in [3.63, 3.8) is 0 Å². The van der Waals surface area contributed by atoms with Gasteiger partial charge >= 0.3 is 0 Å². The molecule has 0 saturated heterocycles. The van der Waals surface area contributed by atoms with Gasteiger partial charge in [0.1, 0.15) is 16.9 Å². The van der Waals surface area contributed by atoms with E-state index in [4.69, 9.17) is 5.73 Å². The molecule has 0 atom stereocenters. The number of anilines is 2. The normalized spacial score (nSPS) is 10.5. The molecule has 2 aromatic carbocycles. The maximum atomic E-state index is 12.6. The molecule has 0 aliphatic heterocycles. The molecule has 1 amide bonds. The highest BCUT2D eigenvalue weighted by Crippen LogP contribution is 2.26. The molecule has 3 N–H and O–H groups in total. The van der Waals surface area contributed by atoms with Crippen LogP contribution >= 0.6 is 11.8 Å². The van der Waals surface area contributed by atoms with Crippen LogP contribution in [0.2, 0.25) is 0 Å². The number of carbonyl (C=O) groups is 1. The molecule has 9 nitrogen and oxygen atoms in total. The molecule has 0 spiro atoms. The van der Waals surface area contributed by atoms with Crippen molar-refractivity contribution >= 4 is 29.2 Å². The summed E-state index contributed by atoms with van der Waals surface area (Å²) in [6.45, 7) is 0. The van der Waals surface area contributed by atoms with Crippen LogP contribution in [-0.4, -0.2) is 36.9 Å². The highest BCUT2D eigenvalue weighted by atomic mass is 32.2. The Bertz CT molecular complexity index is 1290. The van der Waals surface area contributed by atoms with E-state index in [0.717, 1.165) is 17.9 Å². The zero-order valence-electron chi connectivity index (χ0n) is 17.5. The number of nitrogens with two attached hydrogens (primary N) is 1. The first kappa shape index (κ1) is 22.0. The van der Waals surface area contributed by atoms with Gasteiger partial charge in [0.05, 0.1) is 16.8 Å². The number of benzene rings is 2. The Morgan fingerprint density at radius 3 is 2.58 bits per heavy atom. The molecule has 164 valence electrons. The summed E-state index contributed by atoms with van der Waals surface area (Å²) in [5.74, 6) is 1.10. The Morgan fingerprint density at radius 1 is 1.12 bits per heavy atom. The number of nitrogen functional groups attached to an aromatic ring is 1. The third kappa shape index (κ3) is 5.34. The van der Waals surface area contributed by atoms with E-state index in [9.17, 15) is 10.1 Å². The standard InChI is InChI=1S/C23H20N8OS/c24-15-16-14-19(22(32)26-17-8-3-1-4-9-17)21(25)27-23(16)33-13-7-12-20-28-29-30-31(20)18-10-5-2-6-11-18/h1-6,8-11,14H,7,12-13H2,(H2,25,27)(H,26,32). The van der Waals surface area contributed by atoms with Gasteiger partial charge in [0.25, 0.3) is 5.91 Å². The van der Waals surface area contributed by atoms with Crippen molar-refractivity contribution in [2.75, 3.05) is 16.8 Å². The van der Waals surface area contributed by atoms with Gasteiger partial charge in [0, 0.05) is 12.1 Å². The summed E-state index contributed by atoms with van der Waals surface area (Å²) in [4.78, 5) is 16.9. The lowest BCUT2D eigenvalue weighted by atomic mass is 10.2. The summed E-state index contributed by atoms with van der Waals surface area (Å²) in [6, 6.07) is 22.3. The second-order valence-electron chi connectivity index (χ2n) is 7.00. The van der Waals surface area contributed by atoms with E-state index in [-0.39, 0.29) is 11.4 Å². The predicted octanol–water partition coefficient (Wildman–Crippen LogP) is 3.49. The fraction of sp³-hybridized carbons (Fsp3) is 0.130. The van der Waals surface area contributed by atoms with Gasteiger partial charge < -0.3 is 11.1 Å². The van der Waals surface area contributed by atoms with E-state index >= 15 is 0 Å². The Labute approximate surface area is 194 Å². The molecule has 0 aliphatic carbocycles. The first-order valence-electron chi connectivity index (χ1n) is 10.2. The SMILES string of the molecule is N#Cc1cc(C(=O)Nc2ccccc2)c(N)nc1SCCCc1nnnn1-c1ccccc1. The number of hydrogen-bond acceptors (Lipinski definition) is 8. The van der Waals surface area contributed by atoms with Gasteiger partial charge in [-0.15, -0.1) is 16.9 Å². The minimum Gasteiger partial charge on any atom is -0.383 e. The molecule has 0 aliphatic rings. The number of hydrogen-bond donors (Lipinski definition) is 2. The summed E-state index contributed by atoms with van der Waals surface area (Å²) in [6.07, 6.45) is 1.42. The van der Waals surface area contributed by atoms with Crippen LogP contribution in [0.15, 0.2) is 71.8 Å². The number of pyridine rings is 1. The van der Waals surface area contributed by atoms with Crippen LogP contribution in [0.1, 0.15) is 28.2 Å². The first-order chi connectivity index (χ1) is 16.2. The Hall–Kier alpha value is -4.23. The summed E-state index contributed by atoms with van der Waals surface area (Å²) in [5, 5.41) is 24.8. The van der Waals surface area contributed by atoms with Crippen LogP contribution in [0.25, 0.3) is 5.69 Å². The molecule has 10 heteroatoms. The monoisotopic (exact) mass is 456 g/mol. The molecule has 4 rings (SSSR count). The number of thioether (sulfide) groups is 1. The molecule has 4 aromatic rings. The van der Waals surface area contributed by atoms with Crippen LogP contribution in [0.3, 0.4) is 0 Å². The number of para-hydroxylation sites is 2. The summed E-state index contributed by atoms with van der Waals surface area (Å²) < 4.78 is 1.71. The lowest BCUT2D eigenvalue weighted by Gasteiger charge is -2.10. The van der Waals surface area contributed by atoms with E-state index in [2.05, 4.69) is 31.9 Å². The van der Waals surface area contributed by atoms with Gasteiger partial charge in [0.15, 0.2) is 5.82 Å². The second kappa shape index (κ2) is 10.4.